The van der Waals surface area contributed by atoms with Crippen molar-refractivity contribution in [2.45, 2.75) is 45.8 Å². The molecule has 0 fully saturated rings. The summed E-state index contributed by atoms with van der Waals surface area (Å²) in [4.78, 5) is 41.1. The number of amides is 2. The number of aromatic nitrogens is 4. The van der Waals surface area contributed by atoms with Crippen LogP contribution in [0.25, 0.3) is 17.3 Å². The fraction of sp³-hybridized carbons (Fsp3) is 0.237. The molecule has 0 saturated heterocycles. The van der Waals surface area contributed by atoms with Gasteiger partial charge in [-0.3, -0.25) is 24.2 Å². The van der Waals surface area contributed by atoms with Crippen molar-refractivity contribution in [2.24, 2.45) is 7.05 Å². The van der Waals surface area contributed by atoms with Gasteiger partial charge in [0.25, 0.3) is 0 Å². The number of hydrogen-bond donors (Lipinski definition) is 0. The molecule has 0 aliphatic carbocycles. The lowest BCUT2D eigenvalue weighted by Crippen LogP contribution is -2.52. The average molecular weight is 611 g/mol. The molecule has 1 aliphatic rings. The third-order valence-corrected chi connectivity index (χ3v) is 8.78. The fourth-order valence-electron chi connectivity index (χ4n) is 6.11. The topological polar surface area (TPSA) is 84.2 Å². The molecule has 3 aromatic carbocycles. The minimum Gasteiger partial charge on any atom is -0.336 e. The van der Waals surface area contributed by atoms with Gasteiger partial charge in [-0.1, -0.05) is 78.9 Å². The van der Waals surface area contributed by atoms with Gasteiger partial charge < -0.3 is 9.80 Å². The van der Waals surface area contributed by atoms with Crippen LogP contribution in [0.4, 0.5) is 0 Å². The summed E-state index contributed by atoms with van der Waals surface area (Å²) in [6.45, 7) is 5.32. The van der Waals surface area contributed by atoms with Gasteiger partial charge in [-0.25, -0.2) is 0 Å². The first-order valence-electron chi connectivity index (χ1n) is 15.6. The van der Waals surface area contributed by atoms with Crippen molar-refractivity contribution in [2.75, 3.05) is 6.54 Å². The van der Waals surface area contributed by atoms with Crippen LogP contribution in [0, 0.1) is 13.8 Å². The third kappa shape index (κ3) is 6.81. The minimum atomic E-state index is -0.708. The zero-order valence-electron chi connectivity index (χ0n) is 26.5. The van der Waals surface area contributed by atoms with Crippen LogP contribution in [0.2, 0.25) is 0 Å². The number of hydrogen-bond acceptors (Lipinski definition) is 5. The van der Waals surface area contributed by atoms with Gasteiger partial charge in [0.2, 0.25) is 11.8 Å². The van der Waals surface area contributed by atoms with Crippen LogP contribution in [0.5, 0.6) is 0 Å². The van der Waals surface area contributed by atoms with Gasteiger partial charge >= 0.3 is 0 Å². The Balaban J connectivity index is 1.36. The average Bonchev–Trinajstić information content (AvgIpc) is 3.34. The summed E-state index contributed by atoms with van der Waals surface area (Å²) in [5, 5.41) is 4.50. The summed E-state index contributed by atoms with van der Waals surface area (Å²) in [7, 11) is 1.89. The first-order chi connectivity index (χ1) is 22.4. The SMILES string of the molecule is Cc1nn(C)c(C)c1C=CC(=O)N(Cc1ccc(-c2cnccn2)cc1)C(Cc1ccccc1)C(=O)N1CCc2ccccc2C1. The molecule has 0 spiro atoms. The summed E-state index contributed by atoms with van der Waals surface area (Å²) in [6.07, 6.45) is 9.64. The highest BCUT2D eigenvalue weighted by Crippen LogP contribution is 2.24. The van der Waals surface area contributed by atoms with Crippen LogP contribution in [0.15, 0.2) is 104 Å². The first kappa shape index (κ1) is 30.6. The van der Waals surface area contributed by atoms with E-state index in [-0.39, 0.29) is 18.4 Å². The van der Waals surface area contributed by atoms with Gasteiger partial charge in [-0.05, 0) is 48.6 Å². The zero-order chi connectivity index (χ0) is 32.0. The zero-order valence-corrected chi connectivity index (χ0v) is 26.5. The molecule has 0 N–H and O–H groups in total. The van der Waals surface area contributed by atoms with E-state index in [9.17, 15) is 9.59 Å². The molecule has 3 heterocycles. The Bertz CT molecular complexity index is 1850. The van der Waals surface area contributed by atoms with Gasteiger partial charge in [-0.15, -0.1) is 0 Å². The monoisotopic (exact) mass is 610 g/mol. The van der Waals surface area contributed by atoms with Gasteiger partial charge in [0.05, 0.1) is 17.6 Å². The molecule has 46 heavy (non-hydrogen) atoms. The molecule has 1 unspecified atom stereocenters. The molecule has 2 aromatic heterocycles. The highest BCUT2D eigenvalue weighted by atomic mass is 16.2. The smallest absolute Gasteiger partial charge is 0.247 e. The van der Waals surface area contributed by atoms with E-state index in [0.717, 1.165) is 51.3 Å². The number of rotatable bonds is 9. The molecule has 0 radical (unpaired) electrons. The predicted octanol–water partition coefficient (Wildman–Crippen LogP) is 5.73. The summed E-state index contributed by atoms with van der Waals surface area (Å²) in [5.74, 6) is -0.280. The Kier molecular flexibility index (Phi) is 9.15. The normalized spacial score (nSPS) is 13.4. The largest absolute Gasteiger partial charge is 0.336 e. The van der Waals surface area contributed by atoms with Crippen molar-refractivity contribution in [1.29, 1.82) is 0 Å². The molecule has 0 bridgehead atoms. The first-order valence-corrected chi connectivity index (χ1v) is 15.6. The molecule has 1 aliphatic heterocycles. The molecule has 2 amide bonds. The molecule has 1 atom stereocenters. The summed E-state index contributed by atoms with van der Waals surface area (Å²) < 4.78 is 1.81. The van der Waals surface area contributed by atoms with Crippen molar-refractivity contribution in [3.63, 3.8) is 0 Å². The van der Waals surface area contributed by atoms with Crippen LogP contribution in [0.3, 0.4) is 0 Å². The van der Waals surface area contributed by atoms with Crippen LogP contribution in [0.1, 0.15) is 39.2 Å². The molecule has 232 valence electrons. The van der Waals surface area contributed by atoms with Crippen molar-refractivity contribution in [3.05, 3.63) is 143 Å². The number of carbonyl (C=O) groups excluding carboxylic acids is 2. The maximum atomic E-state index is 14.6. The maximum absolute atomic E-state index is 14.6. The second-order valence-corrected chi connectivity index (χ2v) is 11.8. The van der Waals surface area contributed by atoms with Gasteiger partial charge in [0.15, 0.2) is 0 Å². The van der Waals surface area contributed by atoms with Crippen LogP contribution < -0.4 is 0 Å². The highest BCUT2D eigenvalue weighted by Gasteiger charge is 2.34. The van der Waals surface area contributed by atoms with Crippen LogP contribution in [-0.2, 0) is 42.6 Å². The Labute approximate surface area is 270 Å². The molecule has 6 rings (SSSR count). The third-order valence-electron chi connectivity index (χ3n) is 8.78. The van der Waals surface area contributed by atoms with E-state index in [4.69, 9.17) is 0 Å². The van der Waals surface area contributed by atoms with E-state index in [0.29, 0.717) is 19.5 Å². The molecule has 8 nitrogen and oxygen atoms in total. The van der Waals surface area contributed by atoms with E-state index in [1.54, 1.807) is 29.6 Å². The van der Waals surface area contributed by atoms with Crippen LogP contribution >= 0.6 is 0 Å². The van der Waals surface area contributed by atoms with E-state index >= 15 is 0 Å². The number of benzene rings is 3. The van der Waals surface area contributed by atoms with Crippen molar-refractivity contribution in [3.8, 4) is 11.3 Å². The predicted molar refractivity (Wildman–Crippen MR) is 179 cm³/mol. The lowest BCUT2D eigenvalue weighted by atomic mass is 9.97. The lowest BCUT2D eigenvalue weighted by Gasteiger charge is -2.37. The molecular formula is C38H38N6O2. The van der Waals surface area contributed by atoms with Crippen molar-refractivity contribution in [1.82, 2.24) is 29.5 Å². The Morgan fingerprint density at radius 2 is 1.65 bits per heavy atom. The summed E-state index contributed by atoms with van der Waals surface area (Å²) >= 11 is 0. The summed E-state index contributed by atoms with van der Waals surface area (Å²) in [5.41, 5.74) is 8.76. The van der Waals surface area contributed by atoms with Crippen LogP contribution in [-0.4, -0.2) is 53.9 Å². The second kappa shape index (κ2) is 13.7. The summed E-state index contributed by atoms with van der Waals surface area (Å²) in [6, 6.07) is 25.5. The van der Waals surface area contributed by atoms with Gasteiger partial charge in [-0.2, -0.15) is 5.10 Å². The molecule has 5 aromatic rings. The Morgan fingerprint density at radius 1 is 0.913 bits per heavy atom. The molecule has 8 heteroatoms. The standard InChI is InChI=1S/C38H38N6O2/c1-27-34(28(2)42(3)41-27)17-18-37(45)44(25-30-13-15-32(16-14-30)35-24-39-20-21-40-35)36(23-29-9-5-4-6-10-29)38(46)43-22-19-31-11-7-8-12-33(31)26-43/h4-18,20-21,24,36H,19,22-23,25-26H2,1-3H3. The highest BCUT2D eigenvalue weighted by molar-refractivity contribution is 5.96. The van der Waals surface area contributed by atoms with Crippen molar-refractivity contribution >= 4 is 17.9 Å². The minimum absolute atomic E-state index is 0.0509. The maximum Gasteiger partial charge on any atom is 0.247 e. The number of nitrogens with zero attached hydrogens (tertiary/aromatic N) is 6. The Hall–Kier alpha value is -5.37. The van der Waals surface area contributed by atoms with E-state index in [2.05, 4.69) is 27.2 Å². The lowest BCUT2D eigenvalue weighted by molar-refractivity contribution is -0.144. The van der Waals surface area contributed by atoms with Crippen molar-refractivity contribution < 1.29 is 9.59 Å². The van der Waals surface area contributed by atoms with Gasteiger partial charge in [0, 0.05) is 68.4 Å². The molecule has 0 saturated carbocycles. The Morgan fingerprint density at radius 3 is 2.35 bits per heavy atom. The fourth-order valence-corrected chi connectivity index (χ4v) is 6.11. The molecular weight excluding hydrogens is 572 g/mol. The van der Waals surface area contributed by atoms with Gasteiger partial charge in [0.1, 0.15) is 6.04 Å². The van der Waals surface area contributed by atoms with E-state index in [1.165, 1.54) is 5.56 Å². The quantitative estimate of drug-likeness (QED) is 0.199. The number of carbonyl (C=O) groups is 2. The second-order valence-electron chi connectivity index (χ2n) is 11.8. The van der Waals surface area contributed by atoms with E-state index < -0.39 is 6.04 Å². The number of aryl methyl sites for hydroxylation is 2. The van der Waals surface area contributed by atoms with E-state index in [1.807, 2.05) is 103 Å². The number of fused-ring (bicyclic) bond motifs is 1.